The number of morpholine rings is 1. The summed E-state index contributed by atoms with van der Waals surface area (Å²) >= 11 is 2.72. The number of thiazole rings is 1. The lowest BCUT2D eigenvalue weighted by Gasteiger charge is -2.35. The maximum absolute atomic E-state index is 13.9. The molecule has 0 spiro atoms. The summed E-state index contributed by atoms with van der Waals surface area (Å²) in [4.78, 5) is 38.4. The highest BCUT2D eigenvalue weighted by molar-refractivity contribution is 7.97. The van der Waals surface area contributed by atoms with E-state index in [0.29, 0.717) is 24.5 Å². The van der Waals surface area contributed by atoms with Crippen LogP contribution in [0.3, 0.4) is 0 Å². The molecule has 1 fully saturated rings. The molecule has 1 aliphatic rings. The molecule has 0 bridgehead atoms. The van der Waals surface area contributed by atoms with Crippen molar-refractivity contribution in [2.45, 2.75) is 43.9 Å². The molecule has 0 unspecified atom stereocenters. The molecule has 1 amide bonds. The van der Waals surface area contributed by atoms with Crippen molar-refractivity contribution >= 4 is 35.0 Å². The summed E-state index contributed by atoms with van der Waals surface area (Å²) in [5, 5.41) is 11.1. The second-order valence-corrected chi connectivity index (χ2v) is 12.2. The fourth-order valence-corrected chi connectivity index (χ4v) is 6.35. The first kappa shape index (κ1) is 27.3. The number of hydrogen-bond donors (Lipinski definition) is 1. The molecule has 1 N–H and O–H groups in total. The van der Waals surface area contributed by atoms with Gasteiger partial charge in [-0.05, 0) is 57.6 Å². The average Bonchev–Trinajstić information content (AvgIpc) is 3.49. The quantitative estimate of drug-likeness (QED) is 0.337. The Labute approximate surface area is 232 Å². The zero-order chi connectivity index (χ0) is 27.8. The standard InChI is InChI=1S/C26H29FN6O4S2/c1-15-12-32(13-16(2)37-15)21(34)14-31-7-8-33-25(36)23(35)22(29-26(31)33)24-28-11-19(38-24)9-17-5-6-18(27)10-20(17)39-30(3)4/h5-8,10-11,15-16,35H,9,12-14H2,1-4H3/t15-,16-/m0/s1. The molecule has 0 radical (unpaired) electrons. The number of nitrogens with zero attached hydrogens (tertiary/aromatic N) is 6. The number of imidazole rings is 1. The van der Waals surface area contributed by atoms with Crippen molar-refractivity contribution in [2.75, 3.05) is 27.2 Å². The number of carbonyl (C=O) groups excluding carboxylic acids is 1. The number of aromatic hydroxyl groups is 1. The molecular weight excluding hydrogens is 543 g/mol. The minimum absolute atomic E-state index is 0.00734. The number of rotatable bonds is 7. The van der Waals surface area contributed by atoms with Gasteiger partial charge >= 0.3 is 5.56 Å². The summed E-state index contributed by atoms with van der Waals surface area (Å²) in [5.74, 6) is -0.703. The Balaban J connectivity index is 1.43. The molecule has 1 aliphatic heterocycles. The van der Waals surface area contributed by atoms with E-state index in [9.17, 15) is 19.1 Å². The van der Waals surface area contributed by atoms with Crippen LogP contribution < -0.4 is 5.56 Å². The lowest BCUT2D eigenvalue weighted by atomic mass is 10.1. The number of carbonyl (C=O) groups is 1. The molecule has 0 aliphatic carbocycles. The smallest absolute Gasteiger partial charge is 0.302 e. The molecule has 10 nitrogen and oxygen atoms in total. The zero-order valence-electron chi connectivity index (χ0n) is 22.0. The van der Waals surface area contributed by atoms with E-state index in [4.69, 9.17) is 4.74 Å². The second-order valence-electron chi connectivity index (χ2n) is 9.73. The highest BCUT2D eigenvalue weighted by Gasteiger charge is 2.27. The average molecular weight is 573 g/mol. The van der Waals surface area contributed by atoms with E-state index in [0.717, 1.165) is 15.3 Å². The molecule has 3 aromatic heterocycles. The van der Waals surface area contributed by atoms with Crippen LogP contribution in [0.15, 0.2) is 46.5 Å². The Morgan fingerprint density at radius 2 is 2.00 bits per heavy atom. The lowest BCUT2D eigenvalue weighted by molar-refractivity contribution is -0.143. The predicted octanol–water partition coefficient (Wildman–Crippen LogP) is 3.26. The van der Waals surface area contributed by atoms with Gasteiger partial charge in [0.15, 0.2) is 5.69 Å². The van der Waals surface area contributed by atoms with Crippen molar-refractivity contribution in [3.63, 3.8) is 0 Å². The molecule has 4 aromatic rings. The highest BCUT2D eigenvalue weighted by Crippen LogP contribution is 2.32. The first-order valence-corrected chi connectivity index (χ1v) is 14.0. The largest absolute Gasteiger partial charge is 0.501 e. The van der Waals surface area contributed by atoms with Crippen LogP contribution in [0.2, 0.25) is 0 Å². The van der Waals surface area contributed by atoms with Crippen LogP contribution in [-0.4, -0.2) is 78.5 Å². The lowest BCUT2D eigenvalue weighted by Crippen LogP contribution is -2.49. The first-order valence-electron chi connectivity index (χ1n) is 12.4. The van der Waals surface area contributed by atoms with Crippen molar-refractivity contribution in [3.8, 4) is 16.5 Å². The summed E-state index contributed by atoms with van der Waals surface area (Å²) in [7, 11) is 3.78. The molecule has 5 rings (SSSR count). The van der Waals surface area contributed by atoms with Gasteiger partial charge in [-0.15, -0.1) is 11.3 Å². The van der Waals surface area contributed by atoms with E-state index in [-0.39, 0.29) is 41.9 Å². The van der Waals surface area contributed by atoms with Gasteiger partial charge < -0.3 is 19.3 Å². The molecule has 39 heavy (non-hydrogen) atoms. The number of fused-ring (bicyclic) bond motifs is 1. The maximum atomic E-state index is 13.9. The van der Waals surface area contributed by atoms with Crippen molar-refractivity contribution in [3.05, 3.63) is 63.4 Å². The van der Waals surface area contributed by atoms with Crippen LogP contribution in [0.25, 0.3) is 16.5 Å². The minimum Gasteiger partial charge on any atom is -0.501 e. The Hall–Kier alpha value is -3.26. The van der Waals surface area contributed by atoms with Crippen LogP contribution in [0.1, 0.15) is 24.3 Å². The van der Waals surface area contributed by atoms with E-state index in [1.807, 2.05) is 32.2 Å². The Bertz CT molecular complexity index is 1570. The maximum Gasteiger partial charge on any atom is 0.302 e. The van der Waals surface area contributed by atoms with Crippen LogP contribution >= 0.6 is 23.3 Å². The normalized spacial score (nSPS) is 17.8. The third-order valence-corrected chi connectivity index (χ3v) is 8.18. The summed E-state index contributed by atoms with van der Waals surface area (Å²) in [5.41, 5.74) is 0.339. The number of amides is 1. The molecule has 13 heteroatoms. The van der Waals surface area contributed by atoms with Gasteiger partial charge in [0.2, 0.25) is 17.4 Å². The Kier molecular flexibility index (Phi) is 7.76. The summed E-state index contributed by atoms with van der Waals surface area (Å²) in [6, 6.07) is 4.67. The topological polar surface area (TPSA) is 105 Å². The van der Waals surface area contributed by atoms with Gasteiger partial charge in [-0.25, -0.2) is 18.8 Å². The van der Waals surface area contributed by atoms with Gasteiger partial charge in [0.25, 0.3) is 0 Å². The molecule has 1 saturated heterocycles. The highest BCUT2D eigenvalue weighted by atomic mass is 32.2. The third-order valence-electron chi connectivity index (χ3n) is 6.23. The van der Waals surface area contributed by atoms with Gasteiger partial charge in [0, 0.05) is 47.9 Å². The van der Waals surface area contributed by atoms with Gasteiger partial charge in [0.05, 0.1) is 12.2 Å². The SMILES string of the molecule is C[C@H]1CN(C(=O)Cn2ccn3c(=O)c(O)c(-c4ncc(Cc5ccc(F)cc5SN(C)C)s4)nc23)C[C@H](C)O1. The number of ether oxygens (including phenoxy) is 1. The number of halogens is 1. The number of aromatic nitrogens is 4. The summed E-state index contributed by atoms with van der Waals surface area (Å²) < 4.78 is 24.3. The monoisotopic (exact) mass is 572 g/mol. The number of hydrogen-bond acceptors (Lipinski definition) is 9. The van der Waals surface area contributed by atoms with E-state index < -0.39 is 11.3 Å². The molecular formula is C26H29FN6O4S2. The third kappa shape index (κ3) is 5.86. The second kappa shape index (κ2) is 11.1. The summed E-state index contributed by atoms with van der Waals surface area (Å²) in [6.45, 7) is 4.83. The number of benzene rings is 1. The molecule has 1 aromatic carbocycles. The van der Waals surface area contributed by atoms with Crippen LogP contribution in [0, 0.1) is 5.82 Å². The van der Waals surface area contributed by atoms with Crippen molar-refractivity contribution in [2.24, 2.45) is 0 Å². The Morgan fingerprint density at radius 1 is 1.26 bits per heavy atom. The van der Waals surface area contributed by atoms with Crippen LogP contribution in [0.4, 0.5) is 4.39 Å². The van der Waals surface area contributed by atoms with E-state index in [1.54, 1.807) is 27.9 Å². The Morgan fingerprint density at radius 3 is 2.72 bits per heavy atom. The van der Waals surface area contributed by atoms with Gasteiger partial charge in [-0.3, -0.25) is 13.9 Å². The minimum atomic E-state index is -0.644. The fourth-order valence-electron chi connectivity index (χ4n) is 4.61. The fraction of sp³-hybridized carbons (Fsp3) is 0.385. The zero-order valence-corrected chi connectivity index (χ0v) is 23.6. The molecule has 206 valence electrons. The van der Waals surface area contributed by atoms with Gasteiger partial charge in [0.1, 0.15) is 17.4 Å². The van der Waals surface area contributed by atoms with Crippen LogP contribution in [-0.2, 0) is 22.5 Å². The van der Waals surface area contributed by atoms with Crippen LogP contribution in [0.5, 0.6) is 5.75 Å². The van der Waals surface area contributed by atoms with Crippen molar-refractivity contribution in [1.82, 2.24) is 28.1 Å². The predicted molar refractivity (Wildman–Crippen MR) is 148 cm³/mol. The molecule has 0 saturated carbocycles. The van der Waals surface area contributed by atoms with E-state index >= 15 is 0 Å². The van der Waals surface area contributed by atoms with Crippen molar-refractivity contribution in [1.29, 1.82) is 0 Å². The molecule has 2 atom stereocenters. The van der Waals surface area contributed by atoms with Crippen molar-refractivity contribution < 1.29 is 19.0 Å². The first-order chi connectivity index (χ1) is 18.6. The van der Waals surface area contributed by atoms with Gasteiger partial charge in [-0.1, -0.05) is 6.07 Å². The summed E-state index contributed by atoms with van der Waals surface area (Å²) in [6.07, 6.45) is 5.13. The van der Waals surface area contributed by atoms with E-state index in [2.05, 4.69) is 9.97 Å². The van der Waals surface area contributed by atoms with Gasteiger partial charge in [-0.2, -0.15) is 0 Å². The molecule has 4 heterocycles. The van der Waals surface area contributed by atoms with E-state index in [1.165, 1.54) is 46.0 Å².